The fourth-order valence-electron chi connectivity index (χ4n) is 4.34. The fraction of sp³-hybridized carbons (Fsp3) is 0.364. The van der Waals surface area contributed by atoms with Gasteiger partial charge in [-0.2, -0.15) is 41.8 Å². The van der Waals surface area contributed by atoms with Crippen molar-refractivity contribution < 1.29 is 26.3 Å². The van der Waals surface area contributed by atoms with E-state index in [0.717, 1.165) is 18.3 Å². The Kier molecular flexibility index (Phi) is 5.57. The van der Waals surface area contributed by atoms with Crippen molar-refractivity contribution in [3.05, 3.63) is 69.4 Å². The van der Waals surface area contributed by atoms with Crippen molar-refractivity contribution in [2.75, 3.05) is 0 Å². The number of halogens is 6. The number of aromatic nitrogens is 7. The second-order valence-electron chi connectivity index (χ2n) is 8.64. The van der Waals surface area contributed by atoms with E-state index in [2.05, 4.69) is 25.1 Å². The molecular weight excluding hydrogens is 506 g/mol. The van der Waals surface area contributed by atoms with Crippen LogP contribution in [-0.2, 0) is 12.4 Å². The van der Waals surface area contributed by atoms with Gasteiger partial charge in [0.05, 0.1) is 12.1 Å². The molecular formula is C22H16F6N8O. The maximum atomic E-state index is 13.0. The van der Waals surface area contributed by atoms with Gasteiger partial charge >= 0.3 is 12.4 Å². The maximum Gasteiger partial charge on any atom is 0.435 e. The lowest BCUT2D eigenvalue weighted by molar-refractivity contribution is -0.142. The second-order valence-corrected chi connectivity index (χ2v) is 8.64. The molecule has 0 aromatic carbocycles. The first kappa shape index (κ1) is 24.5. The Morgan fingerprint density at radius 3 is 2.35 bits per heavy atom. The van der Waals surface area contributed by atoms with Crippen molar-refractivity contribution in [1.29, 1.82) is 5.26 Å². The van der Waals surface area contributed by atoms with Crippen molar-refractivity contribution in [3.63, 3.8) is 0 Å². The van der Waals surface area contributed by atoms with Gasteiger partial charge in [-0.3, -0.25) is 14.5 Å². The molecule has 9 nitrogen and oxygen atoms in total. The molecule has 1 fully saturated rings. The van der Waals surface area contributed by atoms with Crippen LogP contribution in [0.5, 0.6) is 0 Å². The molecule has 4 aromatic heterocycles. The highest BCUT2D eigenvalue weighted by Gasteiger charge is 2.40. The Hall–Kier alpha value is -4.22. The third-order valence-corrected chi connectivity index (χ3v) is 6.44. The summed E-state index contributed by atoms with van der Waals surface area (Å²) in [5, 5.41) is 17.2. The van der Waals surface area contributed by atoms with E-state index in [4.69, 9.17) is 0 Å². The fourth-order valence-corrected chi connectivity index (χ4v) is 4.34. The summed E-state index contributed by atoms with van der Waals surface area (Å²) in [5.41, 5.74) is -2.66. The van der Waals surface area contributed by atoms with Gasteiger partial charge in [0.1, 0.15) is 23.0 Å². The summed E-state index contributed by atoms with van der Waals surface area (Å²) in [6.45, 7) is 1.59. The van der Waals surface area contributed by atoms with E-state index in [0.29, 0.717) is 18.4 Å². The predicted octanol–water partition coefficient (Wildman–Crippen LogP) is 4.35. The summed E-state index contributed by atoms with van der Waals surface area (Å²) in [4.78, 5) is 23.5. The Balaban J connectivity index is 1.54. The molecule has 1 aliphatic rings. The Morgan fingerprint density at radius 2 is 1.81 bits per heavy atom. The zero-order chi connectivity index (χ0) is 26.7. The second kappa shape index (κ2) is 8.43. The summed E-state index contributed by atoms with van der Waals surface area (Å²) < 4.78 is 80.1. The van der Waals surface area contributed by atoms with E-state index in [9.17, 15) is 36.4 Å². The number of nitrogens with one attached hydrogen (secondary N) is 1. The van der Waals surface area contributed by atoms with Gasteiger partial charge in [-0.05, 0) is 37.5 Å². The number of nitrogens with zero attached hydrogens (tertiary/aromatic N) is 7. The van der Waals surface area contributed by atoms with Crippen LogP contribution in [-0.4, -0.2) is 34.5 Å². The third-order valence-electron chi connectivity index (χ3n) is 6.44. The molecule has 0 radical (unpaired) electrons. The average molecular weight is 522 g/mol. The van der Waals surface area contributed by atoms with Crippen molar-refractivity contribution >= 4 is 11.0 Å². The molecule has 2 unspecified atom stereocenters. The first-order chi connectivity index (χ1) is 17.4. The van der Waals surface area contributed by atoms with Gasteiger partial charge in [-0.1, -0.05) is 6.07 Å². The highest BCUT2D eigenvalue weighted by Crippen LogP contribution is 2.45. The SMILES string of the molecule is C[C@@H](c1ccc(C(F)(F)F)nc1)n1nc(C#N)c2c(=O)[nH]c(C3CCC3n3ccc(C(F)(F)F)n3)nc21. The number of aromatic amines is 1. The molecule has 0 amide bonds. The molecule has 4 heterocycles. The van der Waals surface area contributed by atoms with Gasteiger partial charge in [0.2, 0.25) is 0 Å². The third kappa shape index (κ3) is 4.21. The first-order valence-corrected chi connectivity index (χ1v) is 11.0. The molecule has 0 spiro atoms. The van der Waals surface area contributed by atoms with E-state index in [1.165, 1.54) is 21.6 Å². The lowest BCUT2D eigenvalue weighted by atomic mass is 9.79. The molecule has 192 valence electrons. The molecule has 1 saturated carbocycles. The molecule has 0 saturated heterocycles. The zero-order valence-corrected chi connectivity index (χ0v) is 18.8. The van der Waals surface area contributed by atoms with Gasteiger partial charge in [0.15, 0.2) is 17.0 Å². The van der Waals surface area contributed by atoms with Crippen LogP contribution in [0.3, 0.4) is 0 Å². The van der Waals surface area contributed by atoms with Gasteiger partial charge in [-0.15, -0.1) is 0 Å². The number of H-pyrrole nitrogens is 1. The average Bonchev–Trinajstić information content (AvgIpc) is 3.43. The Labute approximate surface area is 203 Å². The van der Waals surface area contributed by atoms with Crippen molar-refractivity contribution in [3.8, 4) is 6.07 Å². The van der Waals surface area contributed by atoms with Crippen LogP contribution in [0.25, 0.3) is 11.0 Å². The smallest absolute Gasteiger partial charge is 0.309 e. The molecule has 0 aliphatic heterocycles. The van der Waals surface area contributed by atoms with Gasteiger partial charge in [-0.25, -0.2) is 9.67 Å². The van der Waals surface area contributed by atoms with E-state index >= 15 is 0 Å². The van der Waals surface area contributed by atoms with Crippen molar-refractivity contribution in [2.45, 2.75) is 50.1 Å². The zero-order valence-electron chi connectivity index (χ0n) is 18.8. The summed E-state index contributed by atoms with van der Waals surface area (Å²) in [6.07, 6.45) is -5.96. The minimum Gasteiger partial charge on any atom is -0.309 e. The number of hydrogen-bond acceptors (Lipinski definition) is 6. The normalized spacial score (nSPS) is 19.0. The molecule has 3 atom stereocenters. The number of rotatable bonds is 4. The maximum absolute atomic E-state index is 13.0. The minimum absolute atomic E-state index is 0.0183. The largest absolute Gasteiger partial charge is 0.435 e. The lowest BCUT2D eigenvalue weighted by Gasteiger charge is -2.35. The van der Waals surface area contributed by atoms with Gasteiger partial charge in [0, 0.05) is 18.3 Å². The van der Waals surface area contributed by atoms with Gasteiger partial charge in [0.25, 0.3) is 5.56 Å². The molecule has 5 rings (SSSR count). The topological polar surface area (TPSA) is 118 Å². The Bertz CT molecular complexity index is 1570. The molecule has 37 heavy (non-hydrogen) atoms. The van der Waals surface area contributed by atoms with E-state index in [-0.39, 0.29) is 22.6 Å². The molecule has 1 N–H and O–H groups in total. The summed E-state index contributed by atoms with van der Waals surface area (Å²) >= 11 is 0. The molecule has 15 heteroatoms. The van der Waals surface area contributed by atoms with Crippen molar-refractivity contribution in [1.82, 2.24) is 34.5 Å². The molecule has 0 bridgehead atoms. The molecule has 4 aromatic rings. The number of fused-ring (bicyclic) bond motifs is 1. The van der Waals surface area contributed by atoms with Crippen LogP contribution in [0.4, 0.5) is 26.3 Å². The Morgan fingerprint density at radius 1 is 1.08 bits per heavy atom. The highest BCUT2D eigenvalue weighted by atomic mass is 19.4. The lowest BCUT2D eigenvalue weighted by Crippen LogP contribution is -2.31. The van der Waals surface area contributed by atoms with E-state index in [1.54, 1.807) is 6.92 Å². The summed E-state index contributed by atoms with van der Waals surface area (Å²) in [7, 11) is 0. The standard InChI is InChI=1S/C22H16F6N8O/c1-10(11-2-5-15(30-9-11)21(23,24)25)36-19-17(13(8-29)33-36)20(37)32-18(31-19)12-3-4-14(12)35-7-6-16(34-35)22(26,27)28/h2,5-7,9-10,12,14H,3-4H2,1H3,(H,31,32,37)/t10-,12?,14?/m0/s1. The number of nitriles is 1. The number of hydrogen-bond donors (Lipinski definition) is 1. The number of pyridine rings is 1. The van der Waals surface area contributed by atoms with Crippen LogP contribution >= 0.6 is 0 Å². The monoisotopic (exact) mass is 522 g/mol. The van der Waals surface area contributed by atoms with E-state index < -0.39 is 47.3 Å². The quantitative estimate of drug-likeness (QED) is 0.398. The molecule has 1 aliphatic carbocycles. The van der Waals surface area contributed by atoms with Crippen LogP contribution < -0.4 is 5.56 Å². The minimum atomic E-state index is -4.62. The highest BCUT2D eigenvalue weighted by molar-refractivity contribution is 5.80. The number of alkyl halides is 6. The van der Waals surface area contributed by atoms with Crippen LogP contribution in [0.1, 0.15) is 66.2 Å². The predicted molar refractivity (Wildman–Crippen MR) is 114 cm³/mol. The van der Waals surface area contributed by atoms with Crippen molar-refractivity contribution in [2.24, 2.45) is 0 Å². The van der Waals surface area contributed by atoms with Crippen LogP contribution in [0.2, 0.25) is 0 Å². The summed E-state index contributed by atoms with van der Waals surface area (Å²) in [6, 6.07) is 3.47. The van der Waals surface area contributed by atoms with Crippen LogP contribution in [0, 0.1) is 11.3 Å². The van der Waals surface area contributed by atoms with Crippen LogP contribution in [0.15, 0.2) is 35.4 Å². The van der Waals surface area contributed by atoms with E-state index in [1.807, 2.05) is 6.07 Å². The first-order valence-electron chi connectivity index (χ1n) is 11.0. The van der Waals surface area contributed by atoms with Gasteiger partial charge < -0.3 is 4.98 Å². The summed E-state index contributed by atoms with van der Waals surface area (Å²) in [5.74, 6) is -0.281.